The summed E-state index contributed by atoms with van der Waals surface area (Å²) in [5, 5.41) is 8.88. The van der Waals surface area contributed by atoms with Crippen LogP contribution in [0.1, 0.15) is 17.0 Å². The second-order valence-electron chi connectivity index (χ2n) is 4.58. The molecule has 1 aromatic heterocycles. The molecule has 0 saturated carbocycles. The van der Waals surface area contributed by atoms with Crippen molar-refractivity contribution in [2.45, 2.75) is 25.4 Å². The van der Waals surface area contributed by atoms with Crippen LogP contribution in [0.4, 0.5) is 5.69 Å². The molecule has 0 aliphatic rings. The molecule has 0 bridgehead atoms. The average Bonchev–Trinajstić information content (AvgIpc) is 2.50. The van der Waals surface area contributed by atoms with Gasteiger partial charge in [-0.25, -0.2) is 4.98 Å². The van der Waals surface area contributed by atoms with Crippen LogP contribution in [0, 0.1) is 13.8 Å². The summed E-state index contributed by atoms with van der Waals surface area (Å²) in [5.74, 6) is 0.779. The number of rotatable bonds is 6. The van der Waals surface area contributed by atoms with Gasteiger partial charge in [-0.2, -0.15) is 5.10 Å². The lowest BCUT2D eigenvalue weighted by Crippen LogP contribution is -2.02. The summed E-state index contributed by atoms with van der Waals surface area (Å²) in [6, 6.07) is 8.10. The van der Waals surface area contributed by atoms with E-state index in [9.17, 15) is 0 Å². The monoisotopic (exact) mass is 298 g/mol. The zero-order valence-electron chi connectivity index (χ0n) is 12.3. The van der Waals surface area contributed by atoms with Crippen LogP contribution in [0.25, 0.3) is 0 Å². The van der Waals surface area contributed by atoms with E-state index in [0.29, 0.717) is 11.6 Å². The lowest BCUT2D eigenvalue weighted by atomic mass is 10.2. The highest BCUT2D eigenvalue weighted by Crippen LogP contribution is 2.14. The number of hydrogen-bond donors (Lipinski definition) is 0. The van der Waals surface area contributed by atoms with E-state index in [2.05, 4.69) is 33.7 Å². The van der Waals surface area contributed by atoms with E-state index in [-0.39, 0.29) is 0 Å². The Labute approximate surface area is 129 Å². The van der Waals surface area contributed by atoms with Crippen molar-refractivity contribution in [2.75, 3.05) is 5.75 Å². The Balaban J connectivity index is 2.04. The third-order valence-electron chi connectivity index (χ3n) is 2.82. The minimum atomic E-state index is 0.650. The van der Waals surface area contributed by atoms with Gasteiger partial charge >= 0.3 is 0 Å². The van der Waals surface area contributed by atoms with Crippen LogP contribution in [0.5, 0.6) is 0 Å². The molecule has 4 nitrogen and oxygen atoms in total. The van der Waals surface area contributed by atoms with Gasteiger partial charge in [-0.05, 0) is 26.0 Å². The summed E-state index contributed by atoms with van der Waals surface area (Å²) >= 11 is 1.53. The summed E-state index contributed by atoms with van der Waals surface area (Å²) in [6.07, 6.45) is 4.34. The summed E-state index contributed by atoms with van der Waals surface area (Å²) < 4.78 is 0. The summed E-state index contributed by atoms with van der Waals surface area (Å²) in [6.45, 7) is 7.66. The number of benzene rings is 1. The maximum absolute atomic E-state index is 4.51. The molecule has 21 heavy (non-hydrogen) atoms. The number of nitrogens with zero attached hydrogens (tertiary/aromatic N) is 4. The fraction of sp³-hybridized carbons (Fsp3) is 0.250. The number of aliphatic imine (C=N–C) groups is 1. The normalized spacial score (nSPS) is 11.0. The molecule has 0 unspecified atom stereocenters. The topological polar surface area (TPSA) is 51.0 Å². The van der Waals surface area contributed by atoms with E-state index >= 15 is 0 Å². The zero-order valence-corrected chi connectivity index (χ0v) is 13.1. The molecule has 2 aromatic rings. The van der Waals surface area contributed by atoms with Gasteiger partial charge in [0.15, 0.2) is 0 Å². The van der Waals surface area contributed by atoms with Crippen molar-refractivity contribution in [1.82, 2.24) is 15.2 Å². The van der Waals surface area contributed by atoms with E-state index in [1.54, 1.807) is 0 Å². The highest BCUT2D eigenvalue weighted by atomic mass is 32.2. The minimum Gasteiger partial charge on any atom is -0.261 e. The first kappa shape index (κ1) is 15.4. The van der Waals surface area contributed by atoms with Crippen molar-refractivity contribution in [3.05, 3.63) is 53.9 Å². The molecule has 0 radical (unpaired) electrons. The standard InChI is InChI=1S/C16H18N4S/c1-4-11-21-16-18-15(13(3)19-20-16)9-10-17-14-7-5-12(2)6-8-14/h4-8,10H,1,9,11H2,2-3H3. The molecule has 0 N–H and O–H groups in total. The fourth-order valence-electron chi connectivity index (χ4n) is 1.65. The zero-order chi connectivity index (χ0) is 15.1. The molecule has 0 aliphatic heterocycles. The van der Waals surface area contributed by atoms with E-state index in [0.717, 1.165) is 22.8 Å². The minimum absolute atomic E-state index is 0.650. The van der Waals surface area contributed by atoms with Crippen molar-refractivity contribution in [3.8, 4) is 0 Å². The van der Waals surface area contributed by atoms with Crippen molar-refractivity contribution < 1.29 is 0 Å². The Hall–Kier alpha value is -2.01. The molecule has 0 spiro atoms. The summed E-state index contributed by atoms with van der Waals surface area (Å²) in [7, 11) is 0. The van der Waals surface area contributed by atoms with Crippen LogP contribution in [0.2, 0.25) is 0 Å². The third kappa shape index (κ3) is 4.79. The SMILES string of the molecule is C=CCSc1nnc(C)c(CC=Nc2ccc(C)cc2)n1. The maximum Gasteiger partial charge on any atom is 0.209 e. The van der Waals surface area contributed by atoms with E-state index in [1.807, 2.05) is 43.5 Å². The van der Waals surface area contributed by atoms with Crippen LogP contribution in [-0.2, 0) is 6.42 Å². The Morgan fingerprint density at radius 2 is 1.95 bits per heavy atom. The maximum atomic E-state index is 4.51. The first-order valence-corrected chi connectivity index (χ1v) is 7.70. The number of aryl methyl sites for hydroxylation is 2. The second kappa shape index (κ2) is 7.69. The molecule has 5 heteroatoms. The van der Waals surface area contributed by atoms with Crippen molar-refractivity contribution in [3.63, 3.8) is 0 Å². The lowest BCUT2D eigenvalue weighted by Gasteiger charge is -2.02. The molecule has 0 saturated heterocycles. The van der Waals surface area contributed by atoms with Gasteiger partial charge in [-0.15, -0.1) is 11.7 Å². The van der Waals surface area contributed by atoms with Gasteiger partial charge in [0.05, 0.1) is 17.1 Å². The van der Waals surface area contributed by atoms with Crippen molar-refractivity contribution >= 4 is 23.7 Å². The summed E-state index contributed by atoms with van der Waals surface area (Å²) in [4.78, 5) is 8.94. The highest BCUT2D eigenvalue weighted by molar-refractivity contribution is 7.99. The quantitative estimate of drug-likeness (QED) is 0.463. The Morgan fingerprint density at radius 1 is 1.19 bits per heavy atom. The molecule has 0 fully saturated rings. The van der Waals surface area contributed by atoms with Crippen molar-refractivity contribution in [2.24, 2.45) is 4.99 Å². The predicted octanol–water partition coefficient (Wildman–Crippen LogP) is 3.71. The van der Waals surface area contributed by atoms with Crippen LogP contribution >= 0.6 is 11.8 Å². The lowest BCUT2D eigenvalue weighted by molar-refractivity contribution is 0.783. The number of hydrogen-bond acceptors (Lipinski definition) is 5. The van der Waals surface area contributed by atoms with Crippen LogP contribution < -0.4 is 0 Å². The molecule has 0 aliphatic carbocycles. The van der Waals surface area contributed by atoms with Crippen LogP contribution in [0.3, 0.4) is 0 Å². The van der Waals surface area contributed by atoms with Gasteiger partial charge < -0.3 is 0 Å². The first-order chi connectivity index (χ1) is 10.2. The Kier molecular flexibility index (Phi) is 5.63. The van der Waals surface area contributed by atoms with Crippen molar-refractivity contribution in [1.29, 1.82) is 0 Å². The van der Waals surface area contributed by atoms with E-state index < -0.39 is 0 Å². The van der Waals surface area contributed by atoms with E-state index in [4.69, 9.17) is 0 Å². The molecule has 1 heterocycles. The van der Waals surface area contributed by atoms with Gasteiger partial charge in [-0.1, -0.05) is 35.5 Å². The van der Waals surface area contributed by atoms with Gasteiger partial charge in [0, 0.05) is 18.4 Å². The highest BCUT2D eigenvalue weighted by Gasteiger charge is 2.04. The second-order valence-corrected chi connectivity index (χ2v) is 5.56. The molecule has 108 valence electrons. The number of thioether (sulfide) groups is 1. The van der Waals surface area contributed by atoms with Gasteiger partial charge in [-0.3, -0.25) is 4.99 Å². The van der Waals surface area contributed by atoms with Gasteiger partial charge in [0.25, 0.3) is 0 Å². The molecular weight excluding hydrogens is 280 g/mol. The largest absolute Gasteiger partial charge is 0.261 e. The summed E-state index contributed by atoms with van der Waals surface area (Å²) in [5.41, 5.74) is 3.93. The Bertz CT molecular complexity index is 635. The average molecular weight is 298 g/mol. The fourth-order valence-corrected chi connectivity index (χ4v) is 2.19. The van der Waals surface area contributed by atoms with Crippen LogP contribution in [0.15, 0.2) is 47.1 Å². The van der Waals surface area contributed by atoms with Gasteiger partial charge in [0.2, 0.25) is 5.16 Å². The molecule has 2 rings (SSSR count). The third-order valence-corrected chi connectivity index (χ3v) is 3.66. The first-order valence-electron chi connectivity index (χ1n) is 6.72. The predicted molar refractivity (Wildman–Crippen MR) is 88.5 cm³/mol. The van der Waals surface area contributed by atoms with Gasteiger partial charge in [0.1, 0.15) is 0 Å². The molecular formula is C16H18N4S. The van der Waals surface area contributed by atoms with E-state index in [1.165, 1.54) is 17.3 Å². The van der Waals surface area contributed by atoms with Crippen LogP contribution in [-0.4, -0.2) is 27.1 Å². The smallest absolute Gasteiger partial charge is 0.209 e. The molecule has 1 aromatic carbocycles. The molecule has 0 atom stereocenters. The Morgan fingerprint density at radius 3 is 2.67 bits per heavy atom. The number of aromatic nitrogens is 3. The molecule has 0 amide bonds.